The van der Waals surface area contributed by atoms with Crippen LogP contribution in [0.5, 0.6) is 0 Å². The quantitative estimate of drug-likeness (QED) is 0.449. The topological polar surface area (TPSA) is 76.2 Å². The summed E-state index contributed by atoms with van der Waals surface area (Å²) >= 11 is 1.44. The van der Waals surface area contributed by atoms with Crippen molar-refractivity contribution in [2.75, 3.05) is 5.32 Å². The van der Waals surface area contributed by atoms with Crippen LogP contribution < -0.4 is 11.1 Å². The van der Waals surface area contributed by atoms with Gasteiger partial charge in [-0.15, -0.1) is 34.2 Å². The summed E-state index contributed by atoms with van der Waals surface area (Å²) in [6.45, 7) is 2.23. The van der Waals surface area contributed by atoms with E-state index in [0.717, 1.165) is 29.6 Å². The second kappa shape index (κ2) is 8.17. The first-order valence-electron chi connectivity index (χ1n) is 5.91. The second-order valence-corrected chi connectivity index (χ2v) is 5.04. The van der Waals surface area contributed by atoms with Crippen LogP contribution in [0.15, 0.2) is 23.2 Å². The van der Waals surface area contributed by atoms with Gasteiger partial charge in [-0.2, -0.15) is 0 Å². The molecule has 0 saturated heterocycles. The Hall–Kier alpha value is -1.36. The van der Waals surface area contributed by atoms with Gasteiger partial charge in [-0.25, -0.2) is 13.8 Å². The minimum Gasteiger partial charge on any atom is -0.370 e. The van der Waals surface area contributed by atoms with Crippen molar-refractivity contribution < 1.29 is 8.78 Å². The van der Waals surface area contributed by atoms with Crippen molar-refractivity contribution in [2.45, 2.75) is 19.9 Å². The number of halogens is 3. The van der Waals surface area contributed by atoms with E-state index < -0.39 is 11.6 Å². The van der Waals surface area contributed by atoms with Crippen LogP contribution >= 0.6 is 35.3 Å². The van der Waals surface area contributed by atoms with Gasteiger partial charge in [-0.1, -0.05) is 18.3 Å². The van der Waals surface area contributed by atoms with Crippen molar-refractivity contribution in [1.29, 1.82) is 0 Å². The van der Waals surface area contributed by atoms with Crippen molar-refractivity contribution in [3.63, 3.8) is 0 Å². The summed E-state index contributed by atoms with van der Waals surface area (Å²) in [5.41, 5.74) is 5.56. The molecule has 0 aliphatic rings. The lowest BCUT2D eigenvalue weighted by Crippen LogP contribution is -2.23. The SMILES string of the molecule is CCc1nnc(CN=C(N)Nc2cc(F)ccc2F)s1.I. The minimum atomic E-state index is -0.603. The minimum absolute atomic E-state index is 0. The number of hydrogen-bond acceptors (Lipinski definition) is 4. The fraction of sp³-hybridized carbons (Fsp3) is 0.250. The number of aryl methyl sites for hydroxylation is 1. The van der Waals surface area contributed by atoms with Crippen LogP contribution in [0.4, 0.5) is 14.5 Å². The summed E-state index contributed by atoms with van der Waals surface area (Å²) in [5.74, 6) is -1.17. The van der Waals surface area contributed by atoms with Crippen molar-refractivity contribution in [1.82, 2.24) is 10.2 Å². The molecule has 0 fully saturated rings. The van der Waals surface area contributed by atoms with Crippen molar-refractivity contribution in [3.8, 4) is 0 Å². The van der Waals surface area contributed by atoms with Gasteiger partial charge in [0.1, 0.15) is 21.6 Å². The molecular weight excluding hydrogens is 411 g/mol. The van der Waals surface area contributed by atoms with Gasteiger partial charge in [-0.3, -0.25) is 0 Å². The summed E-state index contributed by atoms with van der Waals surface area (Å²) in [6.07, 6.45) is 0.809. The number of anilines is 1. The molecule has 0 unspecified atom stereocenters. The third-order valence-corrected chi connectivity index (χ3v) is 3.44. The maximum absolute atomic E-state index is 13.4. The summed E-state index contributed by atoms with van der Waals surface area (Å²) in [6, 6.07) is 3.06. The standard InChI is InChI=1S/C12H13F2N5S.HI/c1-2-10-18-19-11(20-10)6-16-12(15)17-9-5-7(13)3-4-8(9)14;/h3-5H,2,6H2,1H3,(H3,15,16,17);1H. The Balaban J connectivity index is 0.00000220. The van der Waals surface area contributed by atoms with Gasteiger partial charge in [0, 0.05) is 6.07 Å². The Morgan fingerprint density at radius 1 is 1.33 bits per heavy atom. The number of guanidine groups is 1. The molecule has 0 saturated carbocycles. The van der Waals surface area contributed by atoms with E-state index in [9.17, 15) is 8.78 Å². The fourth-order valence-corrected chi connectivity index (χ4v) is 2.13. The molecule has 0 aliphatic heterocycles. The number of benzene rings is 1. The molecule has 5 nitrogen and oxygen atoms in total. The Morgan fingerprint density at radius 2 is 2.05 bits per heavy atom. The third-order valence-electron chi connectivity index (χ3n) is 2.39. The van der Waals surface area contributed by atoms with Crippen molar-refractivity contribution in [3.05, 3.63) is 39.8 Å². The molecule has 0 amide bonds. The smallest absolute Gasteiger partial charge is 0.193 e. The highest BCUT2D eigenvalue weighted by Gasteiger charge is 2.05. The number of nitrogens with two attached hydrogens (primary N) is 1. The predicted octanol–water partition coefficient (Wildman–Crippen LogP) is 2.92. The Bertz CT molecular complexity index is 632. The lowest BCUT2D eigenvalue weighted by molar-refractivity contribution is 0.604. The third kappa shape index (κ3) is 5.16. The molecular formula is C12H14F2IN5S. The van der Waals surface area contributed by atoms with Gasteiger partial charge < -0.3 is 11.1 Å². The summed E-state index contributed by atoms with van der Waals surface area (Å²) < 4.78 is 26.4. The lowest BCUT2D eigenvalue weighted by atomic mass is 10.3. The van der Waals surface area contributed by atoms with E-state index in [1.165, 1.54) is 11.3 Å². The second-order valence-electron chi connectivity index (χ2n) is 3.89. The van der Waals surface area contributed by atoms with Crippen molar-refractivity contribution >= 4 is 47.0 Å². The van der Waals surface area contributed by atoms with E-state index in [2.05, 4.69) is 20.5 Å². The lowest BCUT2D eigenvalue weighted by Gasteiger charge is -2.06. The molecule has 0 bridgehead atoms. The molecule has 21 heavy (non-hydrogen) atoms. The van der Waals surface area contributed by atoms with Crippen LogP contribution in [0.2, 0.25) is 0 Å². The zero-order valence-corrected chi connectivity index (χ0v) is 14.3. The van der Waals surface area contributed by atoms with E-state index in [1.807, 2.05) is 6.92 Å². The largest absolute Gasteiger partial charge is 0.370 e. The van der Waals surface area contributed by atoms with E-state index >= 15 is 0 Å². The van der Waals surface area contributed by atoms with E-state index in [1.54, 1.807) is 0 Å². The van der Waals surface area contributed by atoms with Crippen LogP contribution in [0.3, 0.4) is 0 Å². The van der Waals surface area contributed by atoms with Crippen LogP contribution in [0, 0.1) is 11.6 Å². The number of hydrogen-bond donors (Lipinski definition) is 2. The average Bonchev–Trinajstić information content (AvgIpc) is 2.89. The molecule has 0 aliphatic carbocycles. The van der Waals surface area contributed by atoms with Gasteiger partial charge in [-0.05, 0) is 18.6 Å². The number of rotatable bonds is 4. The molecule has 114 valence electrons. The highest BCUT2D eigenvalue weighted by Crippen LogP contribution is 2.15. The van der Waals surface area contributed by atoms with Gasteiger partial charge in [0.2, 0.25) is 0 Å². The van der Waals surface area contributed by atoms with Crippen LogP contribution in [0.1, 0.15) is 16.9 Å². The summed E-state index contributed by atoms with van der Waals surface area (Å²) in [4.78, 5) is 4.01. The normalized spacial score (nSPS) is 11.1. The highest BCUT2D eigenvalue weighted by atomic mass is 127. The van der Waals surface area contributed by atoms with Gasteiger partial charge in [0.15, 0.2) is 5.96 Å². The molecule has 1 heterocycles. The zero-order valence-electron chi connectivity index (χ0n) is 11.1. The number of aromatic nitrogens is 2. The Labute approximate surface area is 141 Å². The molecule has 0 atom stereocenters. The van der Waals surface area contributed by atoms with Crippen molar-refractivity contribution in [2.24, 2.45) is 10.7 Å². The van der Waals surface area contributed by atoms with E-state index in [-0.39, 0.29) is 42.2 Å². The Kier molecular flexibility index (Phi) is 6.89. The molecule has 0 spiro atoms. The zero-order chi connectivity index (χ0) is 14.5. The van der Waals surface area contributed by atoms with E-state index in [0.29, 0.717) is 5.01 Å². The molecule has 2 aromatic rings. The fourth-order valence-electron chi connectivity index (χ4n) is 1.42. The van der Waals surface area contributed by atoms with Gasteiger partial charge in [0.05, 0.1) is 12.2 Å². The van der Waals surface area contributed by atoms with Crippen LogP contribution in [-0.2, 0) is 13.0 Å². The molecule has 3 N–H and O–H groups in total. The van der Waals surface area contributed by atoms with Crippen LogP contribution in [0.25, 0.3) is 0 Å². The van der Waals surface area contributed by atoms with Gasteiger partial charge in [0.25, 0.3) is 0 Å². The molecule has 2 rings (SSSR count). The van der Waals surface area contributed by atoms with E-state index in [4.69, 9.17) is 5.73 Å². The highest BCUT2D eigenvalue weighted by molar-refractivity contribution is 14.0. The predicted molar refractivity (Wildman–Crippen MR) is 90.0 cm³/mol. The molecule has 0 radical (unpaired) electrons. The first-order valence-corrected chi connectivity index (χ1v) is 6.73. The average molecular weight is 425 g/mol. The molecule has 9 heteroatoms. The maximum Gasteiger partial charge on any atom is 0.193 e. The Morgan fingerprint density at radius 3 is 2.71 bits per heavy atom. The summed E-state index contributed by atoms with van der Waals surface area (Å²) in [7, 11) is 0. The maximum atomic E-state index is 13.4. The molecule has 1 aromatic carbocycles. The monoisotopic (exact) mass is 425 g/mol. The first-order chi connectivity index (χ1) is 9.58. The summed E-state index contributed by atoms with van der Waals surface area (Å²) in [5, 5.41) is 12.0. The molecule has 1 aromatic heterocycles. The van der Waals surface area contributed by atoms with Crippen LogP contribution in [-0.4, -0.2) is 16.2 Å². The first kappa shape index (κ1) is 17.7. The number of nitrogens with zero attached hydrogens (tertiary/aromatic N) is 3. The van der Waals surface area contributed by atoms with Gasteiger partial charge >= 0.3 is 0 Å². The number of nitrogens with one attached hydrogen (secondary N) is 1. The number of aliphatic imine (C=N–C) groups is 1.